The second-order valence-electron chi connectivity index (χ2n) is 5.08. The predicted octanol–water partition coefficient (Wildman–Crippen LogP) is 3.55. The summed E-state index contributed by atoms with van der Waals surface area (Å²) >= 11 is 0. The molecule has 0 aromatic carbocycles. The van der Waals surface area contributed by atoms with Crippen molar-refractivity contribution in [2.45, 2.75) is 59.8 Å². The van der Waals surface area contributed by atoms with Crippen LogP contribution in [-0.2, 0) is 6.42 Å². The van der Waals surface area contributed by atoms with E-state index in [2.05, 4.69) is 35.1 Å². The Kier molecular flexibility index (Phi) is 8.02. The Bertz CT molecular complexity index is 541. The van der Waals surface area contributed by atoms with Crippen LogP contribution in [0.1, 0.15) is 64.9 Å². The smallest absolute Gasteiger partial charge is 0.177 e. The van der Waals surface area contributed by atoms with E-state index in [0.29, 0.717) is 5.92 Å². The number of hydrogen-bond donors (Lipinski definition) is 0. The molecule has 0 radical (unpaired) electrons. The molecule has 1 aliphatic heterocycles. The summed E-state index contributed by atoms with van der Waals surface area (Å²) in [6.45, 7) is 12.4. The number of rotatable bonds is 2. The summed E-state index contributed by atoms with van der Waals surface area (Å²) in [5.74, 6) is 1.53. The molecule has 0 bridgehead atoms. The van der Waals surface area contributed by atoms with Crippen molar-refractivity contribution in [2.24, 2.45) is 0 Å². The minimum absolute atomic E-state index is 0.581. The van der Waals surface area contributed by atoms with Gasteiger partial charge in [0.25, 0.3) is 0 Å². The van der Waals surface area contributed by atoms with Gasteiger partial charge in [0.1, 0.15) is 0 Å². The fourth-order valence-corrected chi connectivity index (χ4v) is 2.59. The third-order valence-corrected chi connectivity index (χ3v) is 3.80. The third-order valence-electron chi connectivity index (χ3n) is 3.80. The van der Waals surface area contributed by atoms with Crippen LogP contribution in [0.5, 0.6) is 0 Å². The molecular weight excluding hydrogens is 274 g/mol. The average molecular weight is 305 g/mol. The summed E-state index contributed by atoms with van der Waals surface area (Å²) in [5, 5.41) is 13.0. The van der Waals surface area contributed by atoms with Crippen LogP contribution in [0.4, 0.5) is 0 Å². The van der Waals surface area contributed by atoms with E-state index in [9.17, 15) is 0 Å². The molecule has 0 spiro atoms. The van der Waals surface area contributed by atoms with Gasteiger partial charge in [-0.15, -0.1) is 10.2 Å². The number of fused-ring (bicyclic) bond motifs is 1. The molecule has 1 aliphatic rings. The maximum absolute atomic E-state index is 4.73. The zero-order chi connectivity index (χ0) is 16.5. The van der Waals surface area contributed by atoms with E-state index < -0.39 is 0 Å². The van der Waals surface area contributed by atoms with E-state index in [1.54, 1.807) is 0 Å². The first-order valence-corrected chi connectivity index (χ1v) is 8.67. The van der Waals surface area contributed by atoms with Crippen molar-refractivity contribution in [3.05, 3.63) is 23.7 Å². The van der Waals surface area contributed by atoms with Crippen molar-refractivity contribution in [1.29, 1.82) is 0 Å². The molecule has 2 aromatic heterocycles. The van der Waals surface area contributed by atoms with Crippen molar-refractivity contribution in [3.63, 3.8) is 0 Å². The van der Waals surface area contributed by atoms with Crippen molar-refractivity contribution in [3.8, 4) is 0 Å². The molecule has 2 aromatic rings. The first-order valence-electron chi connectivity index (χ1n) is 8.67. The van der Waals surface area contributed by atoms with Gasteiger partial charge in [0.15, 0.2) is 11.5 Å². The van der Waals surface area contributed by atoms with E-state index in [-0.39, 0.29) is 0 Å². The minimum Gasteiger partial charge on any atom is -0.306 e. The maximum atomic E-state index is 4.73. The molecule has 3 rings (SSSR count). The molecule has 0 atom stereocenters. The number of piperidine rings is 1. The molecule has 1 fully saturated rings. The molecule has 5 heteroatoms. The molecule has 0 amide bonds. The Balaban J connectivity index is 0.000000561. The van der Waals surface area contributed by atoms with Crippen LogP contribution in [0.25, 0.3) is 5.65 Å². The molecule has 1 saturated heterocycles. The topological polar surface area (TPSA) is 46.3 Å². The number of likely N-dealkylation sites (tertiary alicyclic amines) is 1. The summed E-state index contributed by atoms with van der Waals surface area (Å²) < 4.78 is 1.90. The van der Waals surface area contributed by atoms with Crippen LogP contribution in [0.2, 0.25) is 0 Å². The molecule has 22 heavy (non-hydrogen) atoms. The minimum atomic E-state index is 0.581. The number of hydrogen-bond acceptors (Lipinski definition) is 4. The standard InChI is InChI=1S/C13H19N5.2C2H6/c1-3-12-14-15-13-5-4-11(16-18(12)13)10-6-8-17(2)9-7-10;2*1-2/h4-5,10H,3,6-9H2,1-2H3;2*1-2H3. The third kappa shape index (κ3) is 4.26. The SMILES string of the molecule is CC.CC.CCc1nnc2ccc(C3CCN(C)CC3)nn12. The Labute approximate surface area is 134 Å². The summed E-state index contributed by atoms with van der Waals surface area (Å²) in [6, 6.07) is 4.15. The molecule has 124 valence electrons. The van der Waals surface area contributed by atoms with E-state index in [4.69, 9.17) is 5.10 Å². The van der Waals surface area contributed by atoms with Gasteiger partial charge in [-0.05, 0) is 45.1 Å². The number of aromatic nitrogens is 4. The maximum Gasteiger partial charge on any atom is 0.177 e. The van der Waals surface area contributed by atoms with E-state index in [1.807, 2.05) is 38.3 Å². The van der Waals surface area contributed by atoms with Crippen molar-refractivity contribution in [2.75, 3.05) is 20.1 Å². The lowest BCUT2D eigenvalue weighted by atomic mass is 9.94. The van der Waals surface area contributed by atoms with E-state index >= 15 is 0 Å². The van der Waals surface area contributed by atoms with Crippen molar-refractivity contribution in [1.82, 2.24) is 24.7 Å². The zero-order valence-electron chi connectivity index (χ0n) is 15.0. The summed E-state index contributed by atoms with van der Waals surface area (Å²) in [4.78, 5) is 2.38. The highest BCUT2D eigenvalue weighted by atomic mass is 15.4. The van der Waals surface area contributed by atoms with E-state index in [0.717, 1.165) is 31.0 Å². The monoisotopic (exact) mass is 305 g/mol. The molecule has 5 nitrogen and oxygen atoms in total. The molecule has 0 saturated carbocycles. The molecule has 3 heterocycles. The lowest BCUT2D eigenvalue weighted by molar-refractivity contribution is 0.252. The highest BCUT2D eigenvalue weighted by molar-refractivity contribution is 5.36. The van der Waals surface area contributed by atoms with Gasteiger partial charge in [0.05, 0.1) is 5.69 Å². The van der Waals surface area contributed by atoms with Crippen LogP contribution < -0.4 is 0 Å². The van der Waals surface area contributed by atoms with Gasteiger partial charge in [-0.2, -0.15) is 9.61 Å². The Morgan fingerprint density at radius 1 is 1.05 bits per heavy atom. The van der Waals surface area contributed by atoms with Gasteiger partial charge >= 0.3 is 0 Å². The van der Waals surface area contributed by atoms with Crippen LogP contribution >= 0.6 is 0 Å². The first-order chi connectivity index (χ1) is 10.8. The van der Waals surface area contributed by atoms with Crippen LogP contribution in [0, 0.1) is 0 Å². The summed E-state index contributed by atoms with van der Waals surface area (Å²) in [5.41, 5.74) is 2.04. The van der Waals surface area contributed by atoms with Crippen LogP contribution in [0.15, 0.2) is 12.1 Å². The lowest BCUT2D eigenvalue weighted by Gasteiger charge is -2.28. The van der Waals surface area contributed by atoms with Gasteiger partial charge in [-0.25, -0.2) is 0 Å². The Hall–Kier alpha value is -1.49. The first kappa shape index (κ1) is 18.6. The predicted molar refractivity (Wildman–Crippen MR) is 92.3 cm³/mol. The van der Waals surface area contributed by atoms with E-state index in [1.165, 1.54) is 18.5 Å². The van der Waals surface area contributed by atoms with Crippen molar-refractivity contribution >= 4 is 5.65 Å². The Morgan fingerprint density at radius 2 is 1.68 bits per heavy atom. The zero-order valence-corrected chi connectivity index (χ0v) is 15.0. The highest BCUT2D eigenvalue weighted by Crippen LogP contribution is 2.25. The summed E-state index contributed by atoms with van der Waals surface area (Å²) in [7, 11) is 2.18. The lowest BCUT2D eigenvalue weighted by Crippen LogP contribution is -2.29. The Morgan fingerprint density at radius 3 is 2.27 bits per heavy atom. The van der Waals surface area contributed by atoms with Gasteiger partial charge in [-0.3, -0.25) is 0 Å². The number of aryl methyl sites for hydroxylation is 1. The van der Waals surface area contributed by atoms with Gasteiger partial charge in [0.2, 0.25) is 0 Å². The quantitative estimate of drug-likeness (QED) is 0.851. The van der Waals surface area contributed by atoms with Crippen LogP contribution in [-0.4, -0.2) is 44.8 Å². The number of nitrogens with zero attached hydrogens (tertiary/aromatic N) is 5. The molecule has 0 unspecified atom stereocenters. The van der Waals surface area contributed by atoms with Gasteiger partial charge < -0.3 is 4.90 Å². The van der Waals surface area contributed by atoms with Crippen LogP contribution in [0.3, 0.4) is 0 Å². The largest absolute Gasteiger partial charge is 0.306 e. The molecule has 0 aliphatic carbocycles. The fourth-order valence-electron chi connectivity index (χ4n) is 2.59. The second-order valence-corrected chi connectivity index (χ2v) is 5.08. The fraction of sp³-hybridized carbons (Fsp3) is 0.706. The van der Waals surface area contributed by atoms with Crippen molar-refractivity contribution < 1.29 is 0 Å². The molecule has 0 N–H and O–H groups in total. The average Bonchev–Trinajstić information content (AvgIpc) is 3.01. The van der Waals surface area contributed by atoms with Gasteiger partial charge in [-0.1, -0.05) is 34.6 Å². The molecular formula is C17H31N5. The second kappa shape index (κ2) is 9.51. The normalized spacial score (nSPS) is 15.7. The highest BCUT2D eigenvalue weighted by Gasteiger charge is 2.20. The summed E-state index contributed by atoms with van der Waals surface area (Å²) in [6.07, 6.45) is 3.25. The van der Waals surface area contributed by atoms with Gasteiger partial charge in [0, 0.05) is 12.3 Å².